The van der Waals surface area contributed by atoms with Crippen LogP contribution >= 0.6 is 11.6 Å². The Balaban J connectivity index is 1.67. The van der Waals surface area contributed by atoms with Gasteiger partial charge in [-0.15, -0.1) is 0 Å². The van der Waals surface area contributed by atoms with E-state index < -0.39 is 11.7 Å². The van der Waals surface area contributed by atoms with E-state index in [9.17, 15) is 9.59 Å². The molecule has 2 atom stereocenters. The van der Waals surface area contributed by atoms with Gasteiger partial charge in [-0.05, 0) is 57.9 Å². The third kappa shape index (κ3) is 5.16. The molecule has 1 aliphatic carbocycles. The van der Waals surface area contributed by atoms with E-state index in [4.69, 9.17) is 16.3 Å². The van der Waals surface area contributed by atoms with Crippen molar-refractivity contribution in [2.24, 2.45) is 0 Å². The van der Waals surface area contributed by atoms with E-state index >= 15 is 0 Å². The number of nitrogens with one attached hydrogen (secondary N) is 3. The van der Waals surface area contributed by atoms with E-state index in [0.29, 0.717) is 10.7 Å². The van der Waals surface area contributed by atoms with Crippen LogP contribution in [0.1, 0.15) is 56.9 Å². The average molecular weight is 392 g/mol. The summed E-state index contributed by atoms with van der Waals surface area (Å²) in [5.74, 6) is -0.190. The first-order valence-corrected chi connectivity index (χ1v) is 9.68. The van der Waals surface area contributed by atoms with Crippen LogP contribution in [0.2, 0.25) is 5.02 Å². The Labute approximate surface area is 164 Å². The minimum absolute atomic E-state index is 0.131. The van der Waals surface area contributed by atoms with Crippen molar-refractivity contribution in [2.75, 3.05) is 0 Å². The van der Waals surface area contributed by atoms with Gasteiger partial charge in [0, 0.05) is 22.0 Å². The number of carbonyl (C=O) groups excluding carboxylic acids is 2. The molecule has 2 aromatic rings. The van der Waals surface area contributed by atoms with Crippen molar-refractivity contribution in [3.63, 3.8) is 0 Å². The second-order valence-corrected chi connectivity index (χ2v) is 8.47. The minimum atomic E-state index is -0.552. The summed E-state index contributed by atoms with van der Waals surface area (Å²) in [6.45, 7) is 5.48. The number of aromatic amines is 1. The Kier molecular flexibility index (Phi) is 5.65. The fraction of sp³-hybridized carbons (Fsp3) is 0.500. The van der Waals surface area contributed by atoms with Gasteiger partial charge >= 0.3 is 6.09 Å². The second kappa shape index (κ2) is 7.80. The van der Waals surface area contributed by atoms with Crippen molar-refractivity contribution in [1.29, 1.82) is 0 Å². The number of halogens is 1. The Morgan fingerprint density at radius 3 is 2.44 bits per heavy atom. The number of hydrogen-bond donors (Lipinski definition) is 3. The van der Waals surface area contributed by atoms with Crippen LogP contribution in [0, 0.1) is 0 Å². The van der Waals surface area contributed by atoms with Crippen LogP contribution < -0.4 is 10.6 Å². The summed E-state index contributed by atoms with van der Waals surface area (Å²) in [6, 6.07) is 6.96. The lowest BCUT2D eigenvalue weighted by Gasteiger charge is -2.33. The summed E-state index contributed by atoms with van der Waals surface area (Å²) in [7, 11) is 0. The minimum Gasteiger partial charge on any atom is -0.444 e. The predicted molar refractivity (Wildman–Crippen MR) is 106 cm³/mol. The third-order valence-corrected chi connectivity index (χ3v) is 4.85. The van der Waals surface area contributed by atoms with Crippen molar-refractivity contribution in [1.82, 2.24) is 15.6 Å². The van der Waals surface area contributed by atoms with Crippen LogP contribution in [-0.2, 0) is 4.74 Å². The summed E-state index contributed by atoms with van der Waals surface area (Å²) in [6.07, 6.45) is 3.20. The molecule has 1 heterocycles. The summed E-state index contributed by atoms with van der Waals surface area (Å²) in [4.78, 5) is 27.9. The summed E-state index contributed by atoms with van der Waals surface area (Å²) < 4.78 is 5.35. The van der Waals surface area contributed by atoms with Crippen molar-refractivity contribution >= 4 is 34.5 Å². The zero-order valence-corrected chi connectivity index (χ0v) is 16.7. The van der Waals surface area contributed by atoms with Crippen molar-refractivity contribution in [2.45, 2.75) is 64.1 Å². The Morgan fingerprint density at radius 1 is 1.11 bits per heavy atom. The molecule has 1 aromatic heterocycles. The van der Waals surface area contributed by atoms with Crippen LogP contribution in [0.25, 0.3) is 10.9 Å². The Hall–Kier alpha value is -2.21. The van der Waals surface area contributed by atoms with Crippen LogP contribution in [0.15, 0.2) is 24.3 Å². The molecule has 0 aliphatic heterocycles. The van der Waals surface area contributed by atoms with Crippen molar-refractivity contribution in [3.05, 3.63) is 35.0 Å². The molecule has 27 heavy (non-hydrogen) atoms. The molecule has 2 amide bonds. The number of ether oxygens (including phenoxy) is 1. The normalized spacial score (nSPS) is 20.3. The molecule has 0 spiro atoms. The highest BCUT2D eigenvalue weighted by Gasteiger charge is 2.30. The zero-order chi connectivity index (χ0) is 19.6. The Bertz CT molecular complexity index is 841. The second-order valence-electron chi connectivity index (χ2n) is 8.03. The molecule has 3 rings (SSSR count). The zero-order valence-electron chi connectivity index (χ0n) is 15.9. The largest absolute Gasteiger partial charge is 0.444 e. The lowest BCUT2D eigenvalue weighted by molar-refractivity contribution is 0.0474. The number of amides is 2. The van der Waals surface area contributed by atoms with E-state index in [1.54, 1.807) is 12.1 Å². The van der Waals surface area contributed by atoms with Crippen LogP contribution in [0.3, 0.4) is 0 Å². The van der Waals surface area contributed by atoms with Gasteiger partial charge in [0.1, 0.15) is 11.3 Å². The van der Waals surface area contributed by atoms with Crippen molar-refractivity contribution in [3.8, 4) is 0 Å². The van der Waals surface area contributed by atoms with Crippen LogP contribution in [0.4, 0.5) is 4.79 Å². The maximum atomic E-state index is 12.7. The number of rotatable bonds is 3. The topological polar surface area (TPSA) is 83.2 Å². The number of carbonyl (C=O) groups is 2. The SMILES string of the molecule is CC(C)(C)OC(=O)NC1CCCCC1NC(=O)c1cc2cc(Cl)ccc2[nH]1. The highest BCUT2D eigenvalue weighted by Crippen LogP contribution is 2.22. The molecule has 6 nitrogen and oxygen atoms in total. The maximum Gasteiger partial charge on any atom is 0.407 e. The molecular formula is C20H26ClN3O3. The van der Waals surface area contributed by atoms with Gasteiger partial charge in [-0.1, -0.05) is 24.4 Å². The number of hydrogen-bond acceptors (Lipinski definition) is 3. The smallest absolute Gasteiger partial charge is 0.407 e. The van der Waals surface area contributed by atoms with Gasteiger partial charge < -0.3 is 20.4 Å². The molecule has 7 heteroatoms. The first-order valence-electron chi connectivity index (χ1n) is 9.30. The monoisotopic (exact) mass is 391 g/mol. The van der Waals surface area contributed by atoms with E-state index in [1.165, 1.54) is 0 Å². The third-order valence-electron chi connectivity index (χ3n) is 4.61. The number of benzene rings is 1. The number of alkyl carbamates (subject to hydrolysis) is 1. The summed E-state index contributed by atoms with van der Waals surface area (Å²) in [5.41, 5.74) is 0.786. The maximum absolute atomic E-state index is 12.7. The van der Waals surface area contributed by atoms with Gasteiger partial charge in [-0.2, -0.15) is 0 Å². The molecule has 0 saturated heterocycles. The molecule has 3 N–H and O–H groups in total. The molecule has 1 aromatic carbocycles. The standard InChI is InChI=1S/C20H26ClN3O3/c1-20(2,3)27-19(26)24-16-7-5-4-6-15(16)23-18(25)17-11-12-10-13(21)8-9-14(12)22-17/h8-11,15-16,22H,4-7H2,1-3H3,(H,23,25)(H,24,26). The van der Waals surface area contributed by atoms with Crippen LogP contribution in [-0.4, -0.2) is 34.7 Å². The first-order chi connectivity index (χ1) is 12.7. The highest BCUT2D eigenvalue weighted by molar-refractivity contribution is 6.31. The Morgan fingerprint density at radius 2 is 1.78 bits per heavy atom. The predicted octanol–water partition coefficient (Wildman–Crippen LogP) is 4.39. The molecule has 2 unspecified atom stereocenters. The molecule has 146 valence electrons. The van der Waals surface area contributed by atoms with E-state index in [2.05, 4.69) is 15.6 Å². The van der Waals surface area contributed by atoms with E-state index in [-0.39, 0.29) is 18.0 Å². The number of H-pyrrole nitrogens is 1. The molecule has 1 saturated carbocycles. The van der Waals surface area contributed by atoms with Gasteiger partial charge in [0.2, 0.25) is 0 Å². The molecule has 1 fully saturated rings. The summed E-state index contributed by atoms with van der Waals surface area (Å²) >= 11 is 6.01. The fourth-order valence-electron chi connectivity index (χ4n) is 3.41. The van der Waals surface area contributed by atoms with Gasteiger partial charge in [0.25, 0.3) is 5.91 Å². The number of aromatic nitrogens is 1. The van der Waals surface area contributed by atoms with Gasteiger partial charge in [-0.3, -0.25) is 4.79 Å². The van der Waals surface area contributed by atoms with E-state index in [1.807, 2.05) is 32.9 Å². The van der Waals surface area contributed by atoms with Gasteiger partial charge in [-0.25, -0.2) is 4.79 Å². The number of fused-ring (bicyclic) bond motifs is 1. The molecule has 0 radical (unpaired) electrons. The average Bonchev–Trinajstić information content (AvgIpc) is 2.98. The fourth-order valence-corrected chi connectivity index (χ4v) is 3.59. The lowest BCUT2D eigenvalue weighted by atomic mass is 9.90. The quantitative estimate of drug-likeness (QED) is 0.725. The van der Waals surface area contributed by atoms with Crippen LogP contribution in [0.5, 0.6) is 0 Å². The highest BCUT2D eigenvalue weighted by atomic mass is 35.5. The van der Waals surface area contributed by atoms with Gasteiger partial charge in [0.05, 0.1) is 6.04 Å². The first kappa shape index (κ1) is 19.5. The molecule has 1 aliphatic rings. The van der Waals surface area contributed by atoms with Crippen molar-refractivity contribution < 1.29 is 14.3 Å². The lowest BCUT2D eigenvalue weighted by Crippen LogP contribution is -2.54. The molecule has 0 bridgehead atoms. The summed E-state index contributed by atoms with van der Waals surface area (Å²) in [5, 5.41) is 7.48. The molecular weight excluding hydrogens is 366 g/mol. The van der Waals surface area contributed by atoms with Gasteiger partial charge in [0.15, 0.2) is 0 Å². The van der Waals surface area contributed by atoms with E-state index in [0.717, 1.165) is 36.6 Å².